The van der Waals surface area contributed by atoms with Crippen molar-refractivity contribution >= 4 is 21.7 Å². The minimum Gasteiger partial charge on any atom is -0.496 e. The van der Waals surface area contributed by atoms with Gasteiger partial charge < -0.3 is 15.4 Å². The van der Waals surface area contributed by atoms with Gasteiger partial charge >= 0.3 is 0 Å². The first-order valence-corrected chi connectivity index (χ1v) is 10.5. The van der Waals surface area contributed by atoms with E-state index in [-0.39, 0.29) is 17.9 Å². The molecule has 2 aromatic rings. The normalized spacial score (nSPS) is 11.7. The highest BCUT2D eigenvalue weighted by atomic mass is 32.2. The van der Waals surface area contributed by atoms with Gasteiger partial charge in [-0.3, -0.25) is 9.59 Å². The molecule has 2 rings (SSSR count). The number of carbonyl (C=O) groups is 2. The predicted molar refractivity (Wildman–Crippen MR) is 107 cm³/mol. The number of ether oxygens (including phenoxy) is 1. The SMILES string of the molecule is COc1ccccc1CS(=O)(=O)CC(NC(=O)c1ccccc1)C(=O)NCC#N. The Morgan fingerprint density at radius 3 is 2.41 bits per heavy atom. The lowest BCUT2D eigenvalue weighted by Crippen LogP contribution is -2.50. The maximum atomic E-state index is 12.7. The van der Waals surface area contributed by atoms with Crippen LogP contribution in [0.15, 0.2) is 54.6 Å². The van der Waals surface area contributed by atoms with Crippen LogP contribution in [0.5, 0.6) is 5.75 Å². The zero-order chi connectivity index (χ0) is 21.3. The predicted octanol–water partition coefficient (Wildman–Crippen LogP) is 1.05. The Kier molecular flexibility index (Phi) is 7.74. The lowest BCUT2D eigenvalue weighted by molar-refractivity contribution is -0.122. The summed E-state index contributed by atoms with van der Waals surface area (Å²) in [7, 11) is -2.37. The van der Waals surface area contributed by atoms with Crippen LogP contribution in [0.3, 0.4) is 0 Å². The molecular weight excluding hydrogens is 394 g/mol. The summed E-state index contributed by atoms with van der Waals surface area (Å²) in [4.78, 5) is 24.8. The summed E-state index contributed by atoms with van der Waals surface area (Å²) in [6.07, 6.45) is 0. The Bertz CT molecular complexity index is 1000. The Labute approximate surface area is 169 Å². The average molecular weight is 415 g/mol. The Morgan fingerprint density at radius 2 is 1.76 bits per heavy atom. The van der Waals surface area contributed by atoms with Crippen molar-refractivity contribution in [3.8, 4) is 11.8 Å². The summed E-state index contributed by atoms with van der Waals surface area (Å²) in [5, 5.41) is 13.4. The van der Waals surface area contributed by atoms with E-state index < -0.39 is 33.4 Å². The standard InChI is InChI=1S/C20H21N3O5S/c1-28-18-10-6-5-9-16(18)13-29(26,27)14-17(20(25)22-12-11-21)23-19(24)15-7-3-2-4-8-15/h2-10,17H,12-14H2,1H3,(H,22,25)(H,23,24). The molecule has 1 unspecified atom stereocenters. The van der Waals surface area contributed by atoms with Crippen molar-refractivity contribution < 1.29 is 22.7 Å². The second-order valence-electron chi connectivity index (χ2n) is 6.13. The second-order valence-corrected chi connectivity index (χ2v) is 8.24. The fourth-order valence-electron chi connectivity index (χ4n) is 2.64. The van der Waals surface area contributed by atoms with Crippen LogP contribution in [-0.2, 0) is 20.4 Å². The van der Waals surface area contributed by atoms with E-state index in [1.54, 1.807) is 60.7 Å². The highest BCUT2D eigenvalue weighted by molar-refractivity contribution is 7.90. The third-order valence-electron chi connectivity index (χ3n) is 3.99. The number of methoxy groups -OCH3 is 1. The van der Waals surface area contributed by atoms with Gasteiger partial charge in [0.15, 0.2) is 9.84 Å². The molecule has 2 amide bonds. The fourth-order valence-corrected chi connectivity index (χ4v) is 4.21. The summed E-state index contributed by atoms with van der Waals surface area (Å²) < 4.78 is 30.6. The molecule has 0 aromatic heterocycles. The molecule has 0 aliphatic rings. The van der Waals surface area contributed by atoms with Gasteiger partial charge in [-0.25, -0.2) is 8.42 Å². The van der Waals surface area contributed by atoms with E-state index in [1.165, 1.54) is 7.11 Å². The molecular formula is C20H21N3O5S. The number of rotatable bonds is 9. The van der Waals surface area contributed by atoms with Crippen molar-refractivity contribution in [1.29, 1.82) is 5.26 Å². The molecule has 152 valence electrons. The highest BCUT2D eigenvalue weighted by Gasteiger charge is 2.28. The van der Waals surface area contributed by atoms with E-state index in [1.807, 2.05) is 0 Å². The van der Waals surface area contributed by atoms with Gasteiger partial charge in [-0.2, -0.15) is 5.26 Å². The van der Waals surface area contributed by atoms with Crippen LogP contribution in [-0.4, -0.2) is 45.7 Å². The van der Waals surface area contributed by atoms with Crippen LogP contribution in [0.1, 0.15) is 15.9 Å². The van der Waals surface area contributed by atoms with E-state index in [0.717, 1.165) is 0 Å². The number of carbonyl (C=O) groups excluding carboxylic acids is 2. The molecule has 0 spiro atoms. The molecule has 2 N–H and O–H groups in total. The first-order chi connectivity index (χ1) is 13.9. The van der Waals surface area contributed by atoms with Crippen molar-refractivity contribution in [2.24, 2.45) is 0 Å². The van der Waals surface area contributed by atoms with Gasteiger partial charge in [-0.1, -0.05) is 36.4 Å². The molecule has 1 atom stereocenters. The van der Waals surface area contributed by atoms with E-state index >= 15 is 0 Å². The van der Waals surface area contributed by atoms with Gasteiger partial charge in [0.1, 0.15) is 18.3 Å². The van der Waals surface area contributed by atoms with E-state index in [4.69, 9.17) is 10.00 Å². The third kappa shape index (κ3) is 6.62. The van der Waals surface area contributed by atoms with Crippen molar-refractivity contribution in [3.05, 3.63) is 65.7 Å². The number of amides is 2. The summed E-state index contributed by atoms with van der Waals surface area (Å²) in [5.74, 6) is -1.91. The number of sulfone groups is 1. The number of nitrogens with one attached hydrogen (secondary N) is 2. The maximum Gasteiger partial charge on any atom is 0.251 e. The van der Waals surface area contributed by atoms with E-state index in [2.05, 4.69) is 10.6 Å². The fraction of sp³-hybridized carbons (Fsp3) is 0.250. The molecule has 29 heavy (non-hydrogen) atoms. The van der Waals surface area contributed by atoms with Gasteiger partial charge in [0.25, 0.3) is 5.91 Å². The van der Waals surface area contributed by atoms with Gasteiger partial charge in [-0.05, 0) is 18.2 Å². The van der Waals surface area contributed by atoms with Crippen molar-refractivity contribution in [3.63, 3.8) is 0 Å². The van der Waals surface area contributed by atoms with Crippen LogP contribution in [0.4, 0.5) is 0 Å². The lowest BCUT2D eigenvalue weighted by Gasteiger charge is -2.18. The van der Waals surface area contributed by atoms with Gasteiger partial charge in [0.05, 0.1) is 24.7 Å². The topological polar surface area (TPSA) is 125 Å². The Balaban J connectivity index is 2.20. The molecule has 0 aliphatic heterocycles. The van der Waals surface area contributed by atoms with Gasteiger partial charge in [0, 0.05) is 11.1 Å². The van der Waals surface area contributed by atoms with Gasteiger partial charge in [0.2, 0.25) is 5.91 Å². The first-order valence-electron chi connectivity index (χ1n) is 8.69. The first kappa shape index (κ1) is 21.9. The molecule has 0 aliphatic carbocycles. The lowest BCUT2D eigenvalue weighted by atomic mass is 10.2. The van der Waals surface area contributed by atoms with Crippen molar-refractivity contribution in [2.45, 2.75) is 11.8 Å². The molecule has 2 aromatic carbocycles. The number of hydrogen-bond donors (Lipinski definition) is 2. The number of para-hydroxylation sites is 1. The number of benzene rings is 2. The van der Waals surface area contributed by atoms with Crippen molar-refractivity contribution in [1.82, 2.24) is 10.6 Å². The van der Waals surface area contributed by atoms with Crippen LogP contribution in [0.25, 0.3) is 0 Å². The molecule has 0 bridgehead atoms. The molecule has 0 radical (unpaired) electrons. The van der Waals surface area contributed by atoms with E-state index in [9.17, 15) is 18.0 Å². The number of nitriles is 1. The Hall–Kier alpha value is -3.38. The Morgan fingerprint density at radius 1 is 1.10 bits per heavy atom. The average Bonchev–Trinajstić information content (AvgIpc) is 2.72. The summed E-state index contributed by atoms with van der Waals surface area (Å²) in [5.41, 5.74) is 0.730. The van der Waals surface area contributed by atoms with Crippen LogP contribution in [0, 0.1) is 11.3 Å². The minimum atomic E-state index is -3.80. The smallest absolute Gasteiger partial charge is 0.251 e. The maximum absolute atomic E-state index is 12.7. The monoisotopic (exact) mass is 415 g/mol. The van der Waals surface area contributed by atoms with Crippen molar-refractivity contribution in [2.75, 3.05) is 19.4 Å². The van der Waals surface area contributed by atoms with Crippen LogP contribution in [0.2, 0.25) is 0 Å². The zero-order valence-electron chi connectivity index (χ0n) is 15.8. The molecule has 0 saturated heterocycles. The second kappa shape index (κ2) is 10.2. The van der Waals surface area contributed by atoms with E-state index in [0.29, 0.717) is 11.3 Å². The third-order valence-corrected chi connectivity index (χ3v) is 5.58. The molecule has 0 saturated carbocycles. The summed E-state index contributed by atoms with van der Waals surface area (Å²) >= 11 is 0. The molecule has 0 heterocycles. The summed E-state index contributed by atoms with van der Waals surface area (Å²) in [6.45, 7) is -0.302. The highest BCUT2D eigenvalue weighted by Crippen LogP contribution is 2.20. The van der Waals surface area contributed by atoms with Crippen LogP contribution >= 0.6 is 0 Å². The molecule has 8 nitrogen and oxygen atoms in total. The molecule has 9 heteroatoms. The zero-order valence-corrected chi connectivity index (χ0v) is 16.6. The van der Waals surface area contributed by atoms with Gasteiger partial charge in [-0.15, -0.1) is 0 Å². The quantitative estimate of drug-likeness (QED) is 0.590. The largest absolute Gasteiger partial charge is 0.496 e. The minimum absolute atomic E-state index is 0.285. The number of nitrogens with zero attached hydrogens (tertiary/aromatic N) is 1. The summed E-state index contributed by atoms with van der Waals surface area (Å²) in [6, 6.07) is 15.2. The number of hydrogen-bond acceptors (Lipinski definition) is 6. The molecule has 0 fully saturated rings. The van der Waals surface area contributed by atoms with Crippen LogP contribution < -0.4 is 15.4 Å².